The molecule has 0 aromatic heterocycles. The number of hydrogen-bond donors (Lipinski definition) is 2. The fourth-order valence-corrected chi connectivity index (χ4v) is 2.38. The lowest BCUT2D eigenvalue weighted by Gasteiger charge is -2.04. The maximum Gasteiger partial charge on any atom is 0.245 e. The van der Waals surface area contributed by atoms with Crippen molar-refractivity contribution in [1.82, 2.24) is 0 Å². The van der Waals surface area contributed by atoms with Gasteiger partial charge in [-0.15, -0.1) is 11.8 Å². The number of fused-ring (bicyclic) bond motifs is 1. The summed E-state index contributed by atoms with van der Waals surface area (Å²) in [4.78, 5) is 12.5. The number of nitrogens with two attached hydrogens (primary N) is 1. The van der Waals surface area contributed by atoms with Crippen LogP contribution in [0.2, 0.25) is 0 Å². The summed E-state index contributed by atoms with van der Waals surface area (Å²) in [5.74, 6) is 0.987. The number of carbonyl (C=O) groups excluding carboxylic acids is 1. The Morgan fingerprint density at radius 2 is 2.33 bits per heavy atom. The number of carbonyl (C=O) groups is 1. The van der Waals surface area contributed by atoms with Crippen LogP contribution >= 0.6 is 11.8 Å². The number of anilines is 1. The topological polar surface area (TPSA) is 55.1 Å². The Labute approximate surface area is 93.4 Å². The first-order chi connectivity index (χ1) is 7.22. The first-order valence-corrected chi connectivity index (χ1v) is 6.04. The molecule has 80 valence electrons. The maximum absolute atomic E-state index is 11.3. The number of amides is 1. The lowest BCUT2D eigenvalue weighted by Crippen LogP contribution is -2.19. The molecule has 1 aromatic carbocycles. The van der Waals surface area contributed by atoms with Crippen molar-refractivity contribution in [1.29, 1.82) is 0 Å². The van der Waals surface area contributed by atoms with Crippen LogP contribution in [0, 0.1) is 0 Å². The third-order valence-electron chi connectivity index (χ3n) is 2.37. The lowest BCUT2D eigenvalue weighted by atomic mass is 10.1. The van der Waals surface area contributed by atoms with Crippen molar-refractivity contribution in [2.45, 2.75) is 24.3 Å². The minimum absolute atomic E-state index is 0.109. The lowest BCUT2D eigenvalue weighted by molar-refractivity contribution is -0.116. The summed E-state index contributed by atoms with van der Waals surface area (Å²) in [7, 11) is 0. The first-order valence-electron chi connectivity index (χ1n) is 5.05. The molecule has 0 spiro atoms. The molecule has 0 bridgehead atoms. The molecule has 1 aliphatic rings. The van der Waals surface area contributed by atoms with Gasteiger partial charge in [0.1, 0.15) is 6.04 Å². The van der Waals surface area contributed by atoms with Gasteiger partial charge in [-0.3, -0.25) is 4.79 Å². The summed E-state index contributed by atoms with van der Waals surface area (Å²) in [5.41, 5.74) is 7.49. The smallest absolute Gasteiger partial charge is 0.245 e. The zero-order valence-electron chi connectivity index (χ0n) is 8.62. The zero-order chi connectivity index (χ0) is 10.8. The average molecular weight is 222 g/mol. The summed E-state index contributed by atoms with van der Waals surface area (Å²) in [6.45, 7) is 2.15. The highest BCUT2D eigenvalue weighted by Crippen LogP contribution is 2.32. The molecule has 4 heteroatoms. The fraction of sp³-hybridized carbons (Fsp3) is 0.364. The van der Waals surface area contributed by atoms with Crippen LogP contribution in [0.3, 0.4) is 0 Å². The largest absolute Gasteiger partial charge is 0.324 e. The Morgan fingerprint density at radius 3 is 3.07 bits per heavy atom. The Balaban J connectivity index is 2.22. The Kier molecular flexibility index (Phi) is 2.98. The first kappa shape index (κ1) is 10.5. The molecule has 2 rings (SSSR count). The highest BCUT2D eigenvalue weighted by molar-refractivity contribution is 7.99. The summed E-state index contributed by atoms with van der Waals surface area (Å²) in [6, 6.07) is 5.47. The van der Waals surface area contributed by atoms with E-state index in [1.54, 1.807) is 11.8 Å². The van der Waals surface area contributed by atoms with Crippen molar-refractivity contribution in [3.8, 4) is 0 Å². The summed E-state index contributed by atoms with van der Waals surface area (Å²) in [6.07, 6.45) is 1.15. The van der Waals surface area contributed by atoms with Gasteiger partial charge in [-0.1, -0.05) is 13.0 Å². The molecule has 0 saturated heterocycles. The molecule has 1 amide bonds. The van der Waals surface area contributed by atoms with Crippen LogP contribution in [-0.2, 0) is 4.79 Å². The van der Waals surface area contributed by atoms with E-state index >= 15 is 0 Å². The van der Waals surface area contributed by atoms with Gasteiger partial charge in [-0.25, -0.2) is 0 Å². The van der Waals surface area contributed by atoms with Crippen molar-refractivity contribution in [3.63, 3.8) is 0 Å². The van der Waals surface area contributed by atoms with E-state index in [0.29, 0.717) is 0 Å². The summed E-state index contributed by atoms with van der Waals surface area (Å²) >= 11 is 1.80. The van der Waals surface area contributed by atoms with Gasteiger partial charge < -0.3 is 11.1 Å². The van der Waals surface area contributed by atoms with Gasteiger partial charge in [0, 0.05) is 16.1 Å². The number of hydrogen-bond acceptors (Lipinski definition) is 3. The number of benzene rings is 1. The standard InChI is InChI=1S/C11H14N2OS/c1-2-5-15-7-3-4-8-9(6-7)13-11(14)10(8)12/h3-4,6,10H,2,5,12H2,1H3,(H,13,14). The van der Waals surface area contributed by atoms with Crippen LogP contribution in [-0.4, -0.2) is 11.7 Å². The van der Waals surface area contributed by atoms with E-state index in [1.807, 2.05) is 18.2 Å². The fourth-order valence-electron chi connectivity index (χ4n) is 1.58. The molecule has 0 fully saturated rings. The van der Waals surface area contributed by atoms with Crippen LogP contribution in [0.1, 0.15) is 24.9 Å². The third kappa shape index (κ3) is 2.01. The van der Waals surface area contributed by atoms with Gasteiger partial charge in [0.15, 0.2) is 0 Å². The molecule has 0 saturated carbocycles. The SMILES string of the molecule is CCCSc1ccc2c(c1)NC(=O)C2N. The highest BCUT2D eigenvalue weighted by atomic mass is 32.2. The molecule has 0 aliphatic carbocycles. The second-order valence-corrected chi connectivity index (χ2v) is 4.73. The van der Waals surface area contributed by atoms with E-state index < -0.39 is 6.04 Å². The van der Waals surface area contributed by atoms with Crippen LogP contribution in [0.15, 0.2) is 23.1 Å². The summed E-state index contributed by atoms with van der Waals surface area (Å²) in [5, 5.41) is 2.79. The number of thioether (sulfide) groups is 1. The maximum atomic E-state index is 11.3. The molecule has 1 atom stereocenters. The van der Waals surface area contributed by atoms with Gasteiger partial charge in [-0.05, 0) is 24.3 Å². The van der Waals surface area contributed by atoms with Gasteiger partial charge in [-0.2, -0.15) is 0 Å². The van der Waals surface area contributed by atoms with Crippen molar-refractivity contribution >= 4 is 23.4 Å². The van der Waals surface area contributed by atoms with Crippen LogP contribution in [0.5, 0.6) is 0 Å². The van der Waals surface area contributed by atoms with Crippen LogP contribution in [0.25, 0.3) is 0 Å². The van der Waals surface area contributed by atoms with Crippen molar-refractivity contribution in [2.24, 2.45) is 5.73 Å². The molecule has 1 aromatic rings. The quantitative estimate of drug-likeness (QED) is 0.770. The molecular formula is C11H14N2OS. The molecule has 15 heavy (non-hydrogen) atoms. The minimum Gasteiger partial charge on any atom is -0.324 e. The van der Waals surface area contributed by atoms with Gasteiger partial charge in [0.25, 0.3) is 0 Å². The van der Waals surface area contributed by atoms with E-state index in [1.165, 1.54) is 4.90 Å². The van der Waals surface area contributed by atoms with E-state index in [4.69, 9.17) is 5.73 Å². The predicted octanol–water partition coefficient (Wildman–Crippen LogP) is 2.14. The monoisotopic (exact) mass is 222 g/mol. The van der Waals surface area contributed by atoms with Gasteiger partial charge >= 0.3 is 0 Å². The van der Waals surface area contributed by atoms with E-state index in [-0.39, 0.29) is 5.91 Å². The Bertz CT molecular complexity index is 392. The molecule has 3 N–H and O–H groups in total. The molecule has 0 radical (unpaired) electrons. The second kappa shape index (κ2) is 4.24. The predicted molar refractivity (Wildman–Crippen MR) is 63.0 cm³/mol. The van der Waals surface area contributed by atoms with E-state index in [0.717, 1.165) is 23.4 Å². The van der Waals surface area contributed by atoms with E-state index in [9.17, 15) is 4.79 Å². The molecule has 1 unspecified atom stereocenters. The third-order valence-corrected chi connectivity index (χ3v) is 3.57. The molecule has 3 nitrogen and oxygen atoms in total. The number of rotatable bonds is 3. The van der Waals surface area contributed by atoms with Gasteiger partial charge in [0.2, 0.25) is 5.91 Å². The van der Waals surface area contributed by atoms with E-state index in [2.05, 4.69) is 12.2 Å². The van der Waals surface area contributed by atoms with Crippen LogP contribution < -0.4 is 11.1 Å². The van der Waals surface area contributed by atoms with Crippen LogP contribution in [0.4, 0.5) is 5.69 Å². The van der Waals surface area contributed by atoms with Crippen molar-refractivity contribution in [2.75, 3.05) is 11.1 Å². The Morgan fingerprint density at radius 1 is 1.53 bits per heavy atom. The normalized spacial score (nSPS) is 18.8. The highest BCUT2D eigenvalue weighted by Gasteiger charge is 2.26. The van der Waals surface area contributed by atoms with Crippen molar-refractivity contribution < 1.29 is 4.79 Å². The molecular weight excluding hydrogens is 208 g/mol. The molecule has 1 aliphatic heterocycles. The Hall–Kier alpha value is -1.00. The zero-order valence-corrected chi connectivity index (χ0v) is 9.43. The number of nitrogens with one attached hydrogen (secondary N) is 1. The van der Waals surface area contributed by atoms with Gasteiger partial charge in [0.05, 0.1) is 0 Å². The second-order valence-electron chi connectivity index (χ2n) is 3.56. The average Bonchev–Trinajstić information content (AvgIpc) is 2.52. The minimum atomic E-state index is -0.495. The molecule has 1 heterocycles. The summed E-state index contributed by atoms with van der Waals surface area (Å²) < 4.78 is 0. The van der Waals surface area contributed by atoms with Crippen molar-refractivity contribution in [3.05, 3.63) is 23.8 Å².